The summed E-state index contributed by atoms with van der Waals surface area (Å²) in [6.45, 7) is 0. The van der Waals surface area contributed by atoms with E-state index in [0.717, 1.165) is 8.95 Å². The number of benzene rings is 2. The van der Waals surface area contributed by atoms with E-state index < -0.39 is 0 Å². The minimum Gasteiger partial charge on any atom is -0.248 e. The number of hydrogen-bond donors (Lipinski definition) is 2. The van der Waals surface area contributed by atoms with Crippen molar-refractivity contribution in [1.82, 2.24) is 10.9 Å². The van der Waals surface area contributed by atoms with Crippen LogP contribution in [0.3, 0.4) is 0 Å². The van der Waals surface area contributed by atoms with E-state index in [1.165, 1.54) is 11.1 Å². The van der Waals surface area contributed by atoms with Crippen molar-refractivity contribution in [2.24, 2.45) is 0 Å². The Hall–Kier alpha value is -0.390. The zero-order valence-electron chi connectivity index (χ0n) is 10.5. The predicted octanol–water partition coefficient (Wildman–Crippen LogP) is 4.71. The van der Waals surface area contributed by atoms with E-state index >= 15 is 0 Å². The minimum atomic E-state index is -0.0441. The van der Waals surface area contributed by atoms with E-state index in [1.807, 2.05) is 24.3 Å². The maximum atomic E-state index is 6.64. The van der Waals surface area contributed by atoms with Gasteiger partial charge in [0.25, 0.3) is 0 Å². The molecule has 2 nitrogen and oxygen atoms in total. The van der Waals surface area contributed by atoms with Gasteiger partial charge >= 0.3 is 0 Å². The van der Waals surface area contributed by atoms with E-state index in [9.17, 15) is 0 Å². The molecule has 20 heavy (non-hydrogen) atoms. The molecule has 104 valence electrons. The average molecular weight is 417 g/mol. The molecule has 5 heteroatoms. The molecule has 0 bridgehead atoms. The Kier molecular flexibility index (Phi) is 4.48. The maximum absolute atomic E-state index is 6.64. The van der Waals surface area contributed by atoms with Gasteiger partial charge in [-0.05, 0) is 35.4 Å². The van der Waals surface area contributed by atoms with Gasteiger partial charge < -0.3 is 0 Å². The quantitative estimate of drug-likeness (QED) is 0.693. The van der Waals surface area contributed by atoms with E-state index in [-0.39, 0.29) is 17.5 Å². The Balaban J connectivity index is 1.81. The van der Waals surface area contributed by atoms with Crippen LogP contribution in [0.5, 0.6) is 0 Å². The fourth-order valence-corrected chi connectivity index (χ4v) is 3.35. The van der Waals surface area contributed by atoms with Gasteiger partial charge in [-0.15, -0.1) is 11.6 Å². The SMILES string of the molecule is ClC1C(c2ccc(Br)cc2)NNC1c1ccc(Br)cc1. The summed E-state index contributed by atoms with van der Waals surface area (Å²) in [5.41, 5.74) is 8.95. The second-order valence-electron chi connectivity index (χ2n) is 4.79. The first-order valence-electron chi connectivity index (χ1n) is 6.31. The molecule has 1 aliphatic heterocycles. The van der Waals surface area contributed by atoms with Gasteiger partial charge in [-0.25, -0.2) is 10.9 Å². The molecule has 2 N–H and O–H groups in total. The summed E-state index contributed by atoms with van der Waals surface area (Å²) in [6, 6.07) is 16.7. The monoisotopic (exact) mass is 414 g/mol. The summed E-state index contributed by atoms with van der Waals surface area (Å²) in [6.07, 6.45) is 0. The maximum Gasteiger partial charge on any atom is 0.0751 e. The molecule has 1 saturated heterocycles. The van der Waals surface area contributed by atoms with Crippen LogP contribution in [0, 0.1) is 0 Å². The molecule has 3 rings (SSSR count). The Morgan fingerprint density at radius 3 is 1.40 bits per heavy atom. The normalized spacial score (nSPS) is 25.9. The number of rotatable bonds is 2. The lowest BCUT2D eigenvalue weighted by molar-refractivity contribution is 0.555. The lowest BCUT2D eigenvalue weighted by Gasteiger charge is -2.17. The zero-order valence-corrected chi connectivity index (χ0v) is 14.4. The lowest BCUT2D eigenvalue weighted by atomic mass is 9.97. The van der Waals surface area contributed by atoms with E-state index in [1.54, 1.807) is 0 Å². The first-order valence-corrected chi connectivity index (χ1v) is 8.33. The third-order valence-corrected chi connectivity index (χ3v) is 5.05. The highest BCUT2D eigenvalue weighted by Crippen LogP contribution is 2.36. The Morgan fingerprint density at radius 1 is 0.700 bits per heavy atom. The molecule has 0 saturated carbocycles. The molecule has 0 aliphatic carbocycles. The molecular weight excluding hydrogens is 403 g/mol. The largest absolute Gasteiger partial charge is 0.248 e. The van der Waals surface area contributed by atoms with Gasteiger partial charge in [0, 0.05) is 8.95 Å². The Labute approximate surface area is 140 Å². The fraction of sp³-hybridized carbons (Fsp3) is 0.200. The lowest BCUT2D eigenvalue weighted by Crippen LogP contribution is -2.26. The van der Waals surface area contributed by atoms with Crippen LogP contribution in [0.15, 0.2) is 57.5 Å². The van der Waals surface area contributed by atoms with Gasteiger partial charge in [0.15, 0.2) is 0 Å². The summed E-state index contributed by atoms with van der Waals surface area (Å²) < 4.78 is 2.14. The topological polar surface area (TPSA) is 24.1 Å². The summed E-state index contributed by atoms with van der Waals surface area (Å²) in [5.74, 6) is 0. The predicted molar refractivity (Wildman–Crippen MR) is 89.7 cm³/mol. The van der Waals surface area contributed by atoms with E-state index in [0.29, 0.717) is 0 Å². The van der Waals surface area contributed by atoms with Crippen molar-refractivity contribution in [1.29, 1.82) is 0 Å². The van der Waals surface area contributed by atoms with Gasteiger partial charge in [0.2, 0.25) is 0 Å². The molecule has 0 radical (unpaired) electrons. The minimum absolute atomic E-state index is 0.0441. The first-order chi connectivity index (χ1) is 9.65. The van der Waals surface area contributed by atoms with Crippen molar-refractivity contribution >= 4 is 43.5 Å². The van der Waals surface area contributed by atoms with Crippen molar-refractivity contribution in [3.05, 3.63) is 68.6 Å². The molecule has 0 amide bonds. The van der Waals surface area contributed by atoms with Crippen LogP contribution in [0.4, 0.5) is 0 Å². The smallest absolute Gasteiger partial charge is 0.0751 e. The van der Waals surface area contributed by atoms with Crippen LogP contribution in [0.25, 0.3) is 0 Å². The zero-order chi connectivity index (χ0) is 14.1. The second kappa shape index (κ2) is 6.16. The molecule has 2 aromatic rings. The van der Waals surface area contributed by atoms with Gasteiger partial charge in [-0.2, -0.15) is 0 Å². The van der Waals surface area contributed by atoms with Gasteiger partial charge in [-0.3, -0.25) is 0 Å². The van der Waals surface area contributed by atoms with Gasteiger partial charge in [0.05, 0.1) is 17.5 Å². The van der Waals surface area contributed by atoms with Crippen LogP contribution in [-0.4, -0.2) is 5.38 Å². The van der Waals surface area contributed by atoms with Crippen LogP contribution < -0.4 is 10.9 Å². The average Bonchev–Trinajstić information content (AvgIpc) is 2.83. The third kappa shape index (κ3) is 2.95. The van der Waals surface area contributed by atoms with Gasteiger partial charge in [-0.1, -0.05) is 56.1 Å². The molecule has 0 aromatic heterocycles. The van der Waals surface area contributed by atoms with Crippen molar-refractivity contribution in [2.45, 2.75) is 17.5 Å². The Bertz CT molecular complexity index is 532. The van der Waals surface area contributed by atoms with E-state index in [4.69, 9.17) is 11.6 Å². The van der Waals surface area contributed by atoms with Crippen molar-refractivity contribution in [2.75, 3.05) is 0 Å². The van der Waals surface area contributed by atoms with Crippen molar-refractivity contribution < 1.29 is 0 Å². The second-order valence-corrected chi connectivity index (χ2v) is 7.13. The van der Waals surface area contributed by atoms with Crippen molar-refractivity contribution in [3.63, 3.8) is 0 Å². The molecular formula is C15H13Br2ClN2. The number of hydrogen-bond acceptors (Lipinski definition) is 2. The highest BCUT2D eigenvalue weighted by Gasteiger charge is 2.36. The van der Waals surface area contributed by atoms with Crippen molar-refractivity contribution in [3.8, 4) is 0 Å². The summed E-state index contributed by atoms with van der Waals surface area (Å²) >= 11 is 13.5. The molecule has 2 aromatic carbocycles. The molecule has 2 atom stereocenters. The third-order valence-electron chi connectivity index (χ3n) is 3.49. The fourth-order valence-electron chi connectivity index (χ4n) is 2.41. The Morgan fingerprint density at radius 2 is 1.05 bits per heavy atom. The first kappa shape index (κ1) is 14.5. The van der Waals surface area contributed by atoms with Gasteiger partial charge in [0.1, 0.15) is 0 Å². The van der Waals surface area contributed by atoms with E-state index in [2.05, 4.69) is 67.0 Å². The molecule has 1 fully saturated rings. The van der Waals surface area contributed by atoms with Crippen LogP contribution in [0.1, 0.15) is 23.2 Å². The highest BCUT2D eigenvalue weighted by molar-refractivity contribution is 9.10. The molecule has 2 unspecified atom stereocenters. The molecule has 0 spiro atoms. The summed E-state index contributed by atoms with van der Waals surface area (Å²) in [5, 5.41) is -0.0441. The number of halogens is 3. The molecule has 1 heterocycles. The van der Waals surface area contributed by atoms with Crippen LogP contribution in [-0.2, 0) is 0 Å². The highest BCUT2D eigenvalue weighted by atomic mass is 79.9. The van der Waals surface area contributed by atoms with Crippen LogP contribution >= 0.6 is 43.5 Å². The number of hydrazine groups is 1. The standard InChI is InChI=1S/C15H13Br2ClN2/c16-11-5-1-9(2-6-11)14-13(18)15(20-19-14)10-3-7-12(17)8-4-10/h1-8,13-15,19-20H. The van der Waals surface area contributed by atoms with Crippen LogP contribution in [0.2, 0.25) is 0 Å². The summed E-state index contributed by atoms with van der Waals surface area (Å²) in [4.78, 5) is 0. The molecule has 1 aliphatic rings. The number of alkyl halides is 1. The number of nitrogens with one attached hydrogen (secondary N) is 2. The summed E-state index contributed by atoms with van der Waals surface area (Å²) in [7, 11) is 0.